The van der Waals surface area contributed by atoms with Crippen LogP contribution in [0.1, 0.15) is 49.1 Å². The summed E-state index contributed by atoms with van der Waals surface area (Å²) >= 11 is 0. The third kappa shape index (κ3) is 4.31. The molecular weight excluding hydrogens is 332 g/mol. The molecule has 6 nitrogen and oxygen atoms in total. The van der Waals surface area contributed by atoms with Crippen LogP contribution in [0.25, 0.3) is 0 Å². The van der Waals surface area contributed by atoms with Crippen molar-refractivity contribution in [1.29, 1.82) is 0 Å². The first-order valence-corrected chi connectivity index (χ1v) is 8.85. The van der Waals surface area contributed by atoms with Gasteiger partial charge in [-0.05, 0) is 51.7 Å². The van der Waals surface area contributed by atoms with Gasteiger partial charge in [0.25, 0.3) is 0 Å². The van der Waals surface area contributed by atoms with Crippen LogP contribution < -0.4 is 9.47 Å². The highest BCUT2D eigenvalue weighted by atomic mass is 16.6. The van der Waals surface area contributed by atoms with Crippen LogP contribution in [-0.4, -0.2) is 16.0 Å². The molecule has 0 fully saturated rings. The lowest BCUT2D eigenvalue weighted by Crippen LogP contribution is -2.15. The summed E-state index contributed by atoms with van der Waals surface area (Å²) in [5, 5.41) is 11.7. The van der Waals surface area contributed by atoms with Crippen molar-refractivity contribution in [3.05, 3.63) is 50.7 Å². The summed E-state index contributed by atoms with van der Waals surface area (Å²) < 4.78 is 11.8. The van der Waals surface area contributed by atoms with Crippen molar-refractivity contribution in [2.75, 3.05) is 0 Å². The van der Waals surface area contributed by atoms with E-state index < -0.39 is 4.92 Å². The largest absolute Gasteiger partial charge is 0.483 e. The molecule has 2 rings (SSSR count). The summed E-state index contributed by atoms with van der Waals surface area (Å²) in [6, 6.07) is 5.55. The lowest BCUT2D eigenvalue weighted by Gasteiger charge is -2.18. The molecule has 0 spiro atoms. The third-order valence-electron chi connectivity index (χ3n) is 4.24. The van der Waals surface area contributed by atoms with Crippen molar-refractivity contribution >= 4 is 5.69 Å². The fourth-order valence-corrected chi connectivity index (χ4v) is 3.00. The maximum Gasteiger partial charge on any atom is 0.372 e. The quantitative estimate of drug-likeness (QED) is 0.477. The molecule has 0 aliphatic carbocycles. The van der Waals surface area contributed by atoms with Crippen molar-refractivity contribution in [3.8, 4) is 17.4 Å². The molecule has 140 valence electrons. The van der Waals surface area contributed by atoms with Crippen LogP contribution in [0.4, 0.5) is 5.69 Å². The van der Waals surface area contributed by atoms with Crippen LogP contribution in [-0.2, 0) is 0 Å². The van der Waals surface area contributed by atoms with Gasteiger partial charge in [-0.2, -0.15) is 0 Å². The van der Waals surface area contributed by atoms with E-state index in [-0.39, 0.29) is 23.4 Å². The van der Waals surface area contributed by atoms with Crippen LogP contribution in [0.5, 0.6) is 17.4 Å². The molecule has 2 aromatic rings. The minimum atomic E-state index is -0.488. The number of nitrogens with zero attached hydrogens (tertiary/aromatic N) is 2. The van der Waals surface area contributed by atoms with E-state index in [2.05, 4.69) is 4.98 Å². The molecule has 0 N–H and O–H groups in total. The number of aromatic nitrogens is 1. The van der Waals surface area contributed by atoms with Crippen molar-refractivity contribution in [2.45, 2.75) is 60.5 Å². The first kappa shape index (κ1) is 19.7. The Balaban J connectivity index is 2.55. The SMILES string of the molecule is CCC(CC)Oc1cc(C)nc(Oc2c(C)cc(C)cc2C)c1[N+](=O)[O-]. The van der Waals surface area contributed by atoms with Gasteiger partial charge in [-0.1, -0.05) is 31.5 Å². The number of benzene rings is 1. The van der Waals surface area contributed by atoms with Crippen LogP contribution in [0.2, 0.25) is 0 Å². The highest BCUT2D eigenvalue weighted by Crippen LogP contribution is 2.40. The van der Waals surface area contributed by atoms with Crippen LogP contribution >= 0.6 is 0 Å². The topological polar surface area (TPSA) is 74.5 Å². The lowest BCUT2D eigenvalue weighted by molar-refractivity contribution is -0.387. The molecule has 1 aromatic heterocycles. The Morgan fingerprint density at radius 1 is 1.08 bits per heavy atom. The zero-order valence-corrected chi connectivity index (χ0v) is 16.3. The summed E-state index contributed by atoms with van der Waals surface area (Å²) in [5.41, 5.74) is 3.29. The molecule has 0 unspecified atom stereocenters. The van der Waals surface area contributed by atoms with E-state index in [4.69, 9.17) is 9.47 Å². The molecule has 0 radical (unpaired) electrons. The fourth-order valence-electron chi connectivity index (χ4n) is 3.00. The smallest absolute Gasteiger partial charge is 0.372 e. The van der Waals surface area contributed by atoms with Crippen molar-refractivity contribution in [2.24, 2.45) is 0 Å². The number of aryl methyl sites for hydroxylation is 4. The summed E-state index contributed by atoms with van der Waals surface area (Å²) in [5.74, 6) is 0.755. The molecule has 0 atom stereocenters. The molecular formula is C20H26N2O4. The van der Waals surface area contributed by atoms with E-state index in [1.165, 1.54) is 0 Å². The lowest BCUT2D eigenvalue weighted by atomic mass is 10.1. The zero-order valence-electron chi connectivity index (χ0n) is 16.3. The molecule has 0 amide bonds. The Labute approximate surface area is 154 Å². The van der Waals surface area contributed by atoms with E-state index in [9.17, 15) is 10.1 Å². The molecule has 0 aliphatic heterocycles. The van der Waals surface area contributed by atoms with Gasteiger partial charge in [0.15, 0.2) is 0 Å². The molecule has 6 heteroatoms. The van der Waals surface area contributed by atoms with Crippen molar-refractivity contribution in [3.63, 3.8) is 0 Å². The van der Waals surface area contributed by atoms with E-state index in [0.29, 0.717) is 11.4 Å². The first-order valence-electron chi connectivity index (χ1n) is 8.85. The van der Waals surface area contributed by atoms with Gasteiger partial charge in [0, 0.05) is 11.8 Å². The zero-order chi connectivity index (χ0) is 19.4. The van der Waals surface area contributed by atoms with E-state index >= 15 is 0 Å². The summed E-state index contributed by atoms with van der Waals surface area (Å²) in [4.78, 5) is 15.5. The second-order valence-corrected chi connectivity index (χ2v) is 6.56. The Morgan fingerprint density at radius 2 is 1.65 bits per heavy atom. The average Bonchev–Trinajstić information content (AvgIpc) is 2.55. The van der Waals surface area contributed by atoms with E-state index in [1.54, 1.807) is 13.0 Å². The predicted octanol–water partition coefficient (Wildman–Crippen LogP) is 5.58. The molecule has 1 heterocycles. The predicted molar refractivity (Wildman–Crippen MR) is 101 cm³/mol. The number of pyridine rings is 1. The minimum Gasteiger partial charge on any atom is -0.483 e. The highest BCUT2D eigenvalue weighted by molar-refractivity contribution is 5.57. The maximum atomic E-state index is 11.7. The minimum absolute atomic E-state index is 0.0361. The number of hydrogen-bond acceptors (Lipinski definition) is 5. The van der Waals surface area contributed by atoms with Crippen LogP contribution in [0.15, 0.2) is 18.2 Å². The highest BCUT2D eigenvalue weighted by Gasteiger charge is 2.28. The van der Waals surface area contributed by atoms with Gasteiger partial charge in [0.2, 0.25) is 5.75 Å². The van der Waals surface area contributed by atoms with Crippen molar-refractivity contribution < 1.29 is 14.4 Å². The normalized spacial score (nSPS) is 10.9. The van der Waals surface area contributed by atoms with E-state index in [1.807, 2.05) is 46.8 Å². The Hall–Kier alpha value is -2.63. The Morgan fingerprint density at radius 3 is 2.15 bits per heavy atom. The van der Waals surface area contributed by atoms with Crippen LogP contribution in [0, 0.1) is 37.8 Å². The second-order valence-electron chi connectivity index (χ2n) is 6.56. The fraction of sp³-hybridized carbons (Fsp3) is 0.450. The van der Waals surface area contributed by atoms with Gasteiger partial charge >= 0.3 is 11.6 Å². The average molecular weight is 358 g/mol. The van der Waals surface area contributed by atoms with Gasteiger partial charge < -0.3 is 9.47 Å². The summed E-state index contributed by atoms with van der Waals surface area (Å²) in [6.07, 6.45) is 1.44. The van der Waals surface area contributed by atoms with Gasteiger partial charge in [-0.15, -0.1) is 0 Å². The number of nitro groups is 1. The third-order valence-corrected chi connectivity index (χ3v) is 4.24. The standard InChI is InChI=1S/C20H26N2O4/c1-7-16(8-2)25-17-11-15(6)21-20(18(17)22(23)24)26-19-13(4)9-12(3)10-14(19)5/h9-11,16H,7-8H2,1-6H3. The summed E-state index contributed by atoms with van der Waals surface area (Å²) in [6.45, 7) is 11.6. The van der Waals surface area contributed by atoms with Crippen LogP contribution in [0.3, 0.4) is 0 Å². The van der Waals surface area contributed by atoms with E-state index in [0.717, 1.165) is 29.5 Å². The molecule has 26 heavy (non-hydrogen) atoms. The molecule has 0 saturated heterocycles. The molecule has 0 saturated carbocycles. The Bertz CT molecular complexity index is 791. The number of rotatable bonds is 7. The maximum absolute atomic E-state index is 11.7. The first-order chi connectivity index (χ1) is 12.3. The van der Waals surface area contributed by atoms with Gasteiger partial charge in [-0.25, -0.2) is 4.98 Å². The molecule has 0 bridgehead atoms. The van der Waals surface area contributed by atoms with Gasteiger partial charge in [0.05, 0.1) is 11.0 Å². The number of ether oxygens (including phenoxy) is 2. The Kier molecular flexibility index (Phi) is 6.18. The monoisotopic (exact) mass is 358 g/mol. The number of hydrogen-bond donors (Lipinski definition) is 0. The molecule has 1 aromatic carbocycles. The van der Waals surface area contributed by atoms with Gasteiger partial charge in [0.1, 0.15) is 5.75 Å². The second kappa shape index (κ2) is 8.17. The molecule has 0 aliphatic rings. The summed E-state index contributed by atoms with van der Waals surface area (Å²) in [7, 11) is 0. The van der Waals surface area contributed by atoms with Gasteiger partial charge in [-0.3, -0.25) is 10.1 Å². The van der Waals surface area contributed by atoms with Crippen molar-refractivity contribution in [1.82, 2.24) is 4.98 Å².